The van der Waals surface area contributed by atoms with Crippen molar-refractivity contribution in [2.75, 3.05) is 17.9 Å². The number of halogens is 1. The summed E-state index contributed by atoms with van der Waals surface area (Å²) in [5.74, 6) is -0.395. The highest BCUT2D eigenvalue weighted by molar-refractivity contribution is 7.93. The molecule has 0 saturated heterocycles. The summed E-state index contributed by atoms with van der Waals surface area (Å²) in [5, 5.41) is 4.89. The van der Waals surface area contributed by atoms with E-state index in [2.05, 4.69) is 5.32 Å². The fraction of sp³-hybridized carbons (Fsp3) is 0.286. The van der Waals surface area contributed by atoms with Gasteiger partial charge in [0.15, 0.2) is 0 Å². The topological polar surface area (TPSA) is 49.4 Å². The molecule has 0 unspecified atom stereocenters. The number of nitrogens with zero attached hydrogens (tertiary/aromatic N) is 1. The maximum atomic E-state index is 12.9. The van der Waals surface area contributed by atoms with Gasteiger partial charge in [0, 0.05) is 18.5 Å². The molecule has 1 heterocycles. The molecule has 114 valence electrons. The van der Waals surface area contributed by atoms with Gasteiger partial charge in [-0.1, -0.05) is 6.92 Å². The second-order valence-corrected chi connectivity index (χ2v) is 7.38. The van der Waals surface area contributed by atoms with E-state index in [1.54, 1.807) is 11.4 Å². The van der Waals surface area contributed by atoms with Crippen LogP contribution in [-0.2, 0) is 16.6 Å². The highest BCUT2D eigenvalue weighted by atomic mass is 32.2. The molecule has 0 fully saturated rings. The van der Waals surface area contributed by atoms with E-state index in [9.17, 15) is 12.8 Å². The molecule has 0 bridgehead atoms. The van der Waals surface area contributed by atoms with Gasteiger partial charge in [0.1, 0.15) is 10.7 Å². The molecule has 0 aliphatic heterocycles. The van der Waals surface area contributed by atoms with Crippen molar-refractivity contribution in [3.05, 3.63) is 46.4 Å². The van der Waals surface area contributed by atoms with Crippen LogP contribution in [0.25, 0.3) is 0 Å². The Balaban J connectivity index is 2.33. The molecule has 21 heavy (non-hydrogen) atoms. The highest BCUT2D eigenvalue weighted by Crippen LogP contribution is 2.27. The number of benzene rings is 1. The molecule has 7 heteroatoms. The minimum absolute atomic E-state index is 0.292. The van der Waals surface area contributed by atoms with Crippen molar-refractivity contribution in [2.24, 2.45) is 0 Å². The van der Waals surface area contributed by atoms with E-state index in [1.165, 1.54) is 47.0 Å². The van der Waals surface area contributed by atoms with E-state index in [0.717, 1.165) is 11.4 Å². The predicted octanol–water partition coefficient (Wildman–Crippen LogP) is 2.82. The lowest BCUT2D eigenvalue weighted by molar-refractivity contribution is 0.592. The van der Waals surface area contributed by atoms with E-state index >= 15 is 0 Å². The molecule has 0 aliphatic rings. The van der Waals surface area contributed by atoms with Gasteiger partial charge in [-0.2, -0.15) is 0 Å². The molecule has 2 aromatic rings. The maximum absolute atomic E-state index is 12.9. The molecule has 0 spiro atoms. The zero-order chi connectivity index (χ0) is 15.5. The molecule has 0 radical (unpaired) electrons. The van der Waals surface area contributed by atoms with Crippen molar-refractivity contribution >= 4 is 27.0 Å². The van der Waals surface area contributed by atoms with Gasteiger partial charge >= 0.3 is 0 Å². The number of anilines is 1. The Labute approximate surface area is 128 Å². The summed E-state index contributed by atoms with van der Waals surface area (Å²) < 4.78 is 39.5. The van der Waals surface area contributed by atoms with Crippen LogP contribution < -0.4 is 9.62 Å². The Kier molecular flexibility index (Phi) is 4.97. The molecule has 4 nitrogen and oxygen atoms in total. The van der Waals surface area contributed by atoms with E-state index in [-0.39, 0.29) is 0 Å². The van der Waals surface area contributed by atoms with Crippen molar-refractivity contribution in [3.63, 3.8) is 0 Å². The number of nitrogens with one attached hydrogen (secondary N) is 1. The second-order valence-electron chi connectivity index (χ2n) is 4.44. The van der Waals surface area contributed by atoms with E-state index < -0.39 is 15.8 Å². The first-order valence-electron chi connectivity index (χ1n) is 6.48. The number of rotatable bonds is 6. The lowest BCUT2D eigenvalue weighted by Gasteiger charge is -2.19. The molecule has 0 aliphatic carbocycles. The van der Waals surface area contributed by atoms with Crippen molar-refractivity contribution in [3.8, 4) is 0 Å². The van der Waals surface area contributed by atoms with Crippen molar-refractivity contribution in [2.45, 2.75) is 18.4 Å². The van der Waals surface area contributed by atoms with Crippen LogP contribution in [0.1, 0.15) is 11.8 Å². The average Bonchev–Trinajstić information content (AvgIpc) is 2.94. The summed E-state index contributed by atoms with van der Waals surface area (Å²) in [6.45, 7) is 3.25. The summed E-state index contributed by atoms with van der Waals surface area (Å²) in [7, 11) is -2.17. The first kappa shape index (κ1) is 15.9. The Morgan fingerprint density at radius 2 is 1.90 bits per heavy atom. The highest BCUT2D eigenvalue weighted by Gasteiger charge is 2.25. The molecular formula is C14H17FN2O2S2. The lowest BCUT2D eigenvalue weighted by atomic mass is 10.3. The van der Waals surface area contributed by atoms with Crippen LogP contribution in [-0.4, -0.2) is 22.0 Å². The Morgan fingerprint density at radius 1 is 1.24 bits per heavy atom. The number of hydrogen-bond donors (Lipinski definition) is 1. The number of thiophene rings is 1. The van der Waals surface area contributed by atoms with Gasteiger partial charge < -0.3 is 5.32 Å². The summed E-state index contributed by atoms with van der Waals surface area (Å²) in [6.07, 6.45) is 0. The van der Waals surface area contributed by atoms with Gasteiger partial charge in [0.2, 0.25) is 0 Å². The fourth-order valence-corrected chi connectivity index (χ4v) is 4.44. The van der Waals surface area contributed by atoms with Crippen LogP contribution in [0.5, 0.6) is 0 Å². The van der Waals surface area contributed by atoms with Gasteiger partial charge in [-0.3, -0.25) is 4.31 Å². The predicted molar refractivity (Wildman–Crippen MR) is 83.7 cm³/mol. The normalized spacial score (nSPS) is 11.6. The van der Waals surface area contributed by atoms with Crippen molar-refractivity contribution < 1.29 is 12.8 Å². The van der Waals surface area contributed by atoms with E-state index in [0.29, 0.717) is 17.1 Å². The standard InChI is InChI=1S/C14H17FN2O2S2/c1-3-16-10-13-14(8-9-20-13)21(18,19)17(2)12-6-4-11(15)5-7-12/h4-9,16H,3,10H2,1-2H3. The molecule has 1 aromatic heterocycles. The second kappa shape index (κ2) is 6.55. The molecular weight excluding hydrogens is 311 g/mol. The monoisotopic (exact) mass is 328 g/mol. The third-order valence-electron chi connectivity index (χ3n) is 3.07. The van der Waals surface area contributed by atoms with Crippen molar-refractivity contribution in [1.82, 2.24) is 5.32 Å². The van der Waals surface area contributed by atoms with Crippen LogP contribution in [0.2, 0.25) is 0 Å². The van der Waals surface area contributed by atoms with Gasteiger partial charge in [-0.05, 0) is 42.3 Å². The SMILES string of the molecule is CCNCc1sccc1S(=O)(=O)N(C)c1ccc(F)cc1. The largest absolute Gasteiger partial charge is 0.312 e. The first-order chi connectivity index (χ1) is 9.96. The molecule has 2 rings (SSSR count). The summed E-state index contributed by atoms with van der Waals surface area (Å²) in [4.78, 5) is 1.06. The van der Waals surface area contributed by atoms with Gasteiger partial charge in [0.05, 0.1) is 5.69 Å². The van der Waals surface area contributed by atoms with Crippen LogP contribution in [0.3, 0.4) is 0 Å². The van der Waals surface area contributed by atoms with Crippen LogP contribution >= 0.6 is 11.3 Å². The Hall–Kier alpha value is -1.44. The Morgan fingerprint density at radius 3 is 2.52 bits per heavy atom. The smallest absolute Gasteiger partial charge is 0.265 e. The number of sulfonamides is 1. The molecule has 1 N–H and O–H groups in total. The minimum atomic E-state index is -3.64. The van der Waals surface area contributed by atoms with Crippen molar-refractivity contribution in [1.29, 1.82) is 0 Å². The Bertz CT molecular complexity index is 696. The third-order valence-corrected chi connectivity index (χ3v) is 5.99. The number of hydrogen-bond acceptors (Lipinski definition) is 4. The summed E-state index contributed by atoms with van der Waals surface area (Å²) in [6, 6.07) is 6.99. The minimum Gasteiger partial charge on any atom is -0.312 e. The summed E-state index contributed by atoms with van der Waals surface area (Å²) >= 11 is 1.40. The average molecular weight is 328 g/mol. The van der Waals surface area contributed by atoms with Crippen LogP contribution in [0.15, 0.2) is 40.6 Å². The van der Waals surface area contributed by atoms with E-state index in [1.807, 2.05) is 6.92 Å². The molecule has 0 atom stereocenters. The van der Waals surface area contributed by atoms with Gasteiger partial charge in [-0.15, -0.1) is 11.3 Å². The van der Waals surface area contributed by atoms with Gasteiger partial charge in [-0.25, -0.2) is 12.8 Å². The molecule has 0 amide bonds. The molecule has 0 saturated carbocycles. The maximum Gasteiger partial charge on any atom is 0.265 e. The van der Waals surface area contributed by atoms with Crippen LogP contribution in [0.4, 0.5) is 10.1 Å². The molecule has 1 aromatic carbocycles. The van der Waals surface area contributed by atoms with Crippen LogP contribution in [0, 0.1) is 5.82 Å². The zero-order valence-corrected chi connectivity index (χ0v) is 13.5. The quantitative estimate of drug-likeness (QED) is 0.887. The third kappa shape index (κ3) is 3.42. The van der Waals surface area contributed by atoms with Gasteiger partial charge in [0.25, 0.3) is 10.0 Å². The lowest BCUT2D eigenvalue weighted by Crippen LogP contribution is -2.27. The first-order valence-corrected chi connectivity index (χ1v) is 8.80. The zero-order valence-electron chi connectivity index (χ0n) is 11.8. The summed E-state index contributed by atoms with van der Waals surface area (Å²) in [5.41, 5.74) is 0.428. The fourth-order valence-electron chi connectivity index (χ4n) is 1.86. The van der Waals surface area contributed by atoms with E-state index in [4.69, 9.17) is 0 Å².